The number of aryl methyl sites for hydroxylation is 1. The summed E-state index contributed by atoms with van der Waals surface area (Å²) >= 11 is 0. The van der Waals surface area contributed by atoms with Crippen LogP contribution < -0.4 is 5.32 Å². The van der Waals surface area contributed by atoms with Gasteiger partial charge in [0.15, 0.2) is 0 Å². The smallest absolute Gasteiger partial charge is 0.123 e. The van der Waals surface area contributed by atoms with Crippen LogP contribution in [0.25, 0.3) is 0 Å². The number of fused-ring (bicyclic) bond motifs is 1. The average molecular weight is 229 g/mol. The van der Waals surface area contributed by atoms with Crippen molar-refractivity contribution >= 4 is 0 Å². The highest BCUT2D eigenvalue weighted by Crippen LogP contribution is 2.33. The van der Waals surface area contributed by atoms with Gasteiger partial charge in [0.1, 0.15) is 5.75 Å². The maximum absolute atomic E-state index is 10.1. The number of nitrogens with one attached hydrogen (secondary N) is 2. The highest BCUT2D eigenvalue weighted by molar-refractivity contribution is 5.45. The van der Waals surface area contributed by atoms with E-state index < -0.39 is 0 Å². The maximum Gasteiger partial charge on any atom is 0.123 e. The number of hydrogen-bond acceptors (Lipinski definition) is 3. The molecule has 4 nitrogen and oxygen atoms in total. The molecule has 0 radical (unpaired) electrons. The molecule has 3 N–H and O–H groups in total. The zero-order valence-electron chi connectivity index (χ0n) is 9.70. The zero-order chi connectivity index (χ0) is 11.8. The van der Waals surface area contributed by atoms with Crippen molar-refractivity contribution in [1.82, 2.24) is 15.3 Å². The minimum atomic E-state index is -0.00935. The van der Waals surface area contributed by atoms with Crippen molar-refractivity contribution < 1.29 is 5.11 Å². The molecule has 17 heavy (non-hydrogen) atoms. The molecule has 0 saturated heterocycles. The molecule has 1 aromatic carbocycles. The predicted molar refractivity (Wildman–Crippen MR) is 65.0 cm³/mol. The first-order valence-electron chi connectivity index (χ1n) is 5.81. The molecule has 2 heterocycles. The van der Waals surface area contributed by atoms with Crippen molar-refractivity contribution in [3.8, 4) is 5.75 Å². The van der Waals surface area contributed by atoms with Gasteiger partial charge in [-0.3, -0.25) is 0 Å². The van der Waals surface area contributed by atoms with E-state index in [0.29, 0.717) is 5.75 Å². The van der Waals surface area contributed by atoms with E-state index in [0.717, 1.165) is 35.5 Å². The van der Waals surface area contributed by atoms with E-state index in [1.807, 2.05) is 25.1 Å². The van der Waals surface area contributed by atoms with Crippen molar-refractivity contribution in [3.05, 3.63) is 47.0 Å². The maximum atomic E-state index is 10.1. The number of benzene rings is 1. The molecule has 0 bridgehead atoms. The van der Waals surface area contributed by atoms with Crippen LogP contribution in [0.1, 0.15) is 28.6 Å². The summed E-state index contributed by atoms with van der Waals surface area (Å²) in [5, 5.41) is 13.5. The topological polar surface area (TPSA) is 60.9 Å². The van der Waals surface area contributed by atoms with Gasteiger partial charge in [0.2, 0.25) is 0 Å². The van der Waals surface area contributed by atoms with Crippen LogP contribution in [0.15, 0.2) is 24.5 Å². The van der Waals surface area contributed by atoms with E-state index >= 15 is 0 Å². The number of aromatic nitrogens is 2. The van der Waals surface area contributed by atoms with Gasteiger partial charge in [0, 0.05) is 24.2 Å². The van der Waals surface area contributed by atoms with Gasteiger partial charge in [0.25, 0.3) is 0 Å². The lowest BCUT2D eigenvalue weighted by molar-refractivity contribution is 0.448. The third-order valence-electron chi connectivity index (χ3n) is 3.33. The molecular weight excluding hydrogens is 214 g/mol. The van der Waals surface area contributed by atoms with E-state index in [-0.39, 0.29) is 6.04 Å². The predicted octanol–water partition coefficient (Wildman–Crippen LogP) is 1.66. The first-order valence-corrected chi connectivity index (χ1v) is 5.81. The Morgan fingerprint density at radius 1 is 1.41 bits per heavy atom. The summed E-state index contributed by atoms with van der Waals surface area (Å²) in [5.74, 6) is 0.362. The van der Waals surface area contributed by atoms with Crippen molar-refractivity contribution in [2.75, 3.05) is 6.54 Å². The Bertz CT molecular complexity index is 547. The van der Waals surface area contributed by atoms with Gasteiger partial charge in [-0.25, -0.2) is 4.98 Å². The third-order valence-corrected chi connectivity index (χ3v) is 3.33. The molecule has 1 atom stereocenters. The van der Waals surface area contributed by atoms with Crippen LogP contribution in [0.3, 0.4) is 0 Å². The van der Waals surface area contributed by atoms with Crippen LogP contribution >= 0.6 is 0 Å². The normalized spacial score (nSPS) is 19.0. The number of para-hydroxylation sites is 1. The second kappa shape index (κ2) is 3.89. The summed E-state index contributed by atoms with van der Waals surface area (Å²) in [4.78, 5) is 7.51. The Balaban J connectivity index is 2.10. The van der Waals surface area contributed by atoms with Gasteiger partial charge in [0.05, 0.1) is 18.1 Å². The molecule has 3 rings (SSSR count). The summed E-state index contributed by atoms with van der Waals surface area (Å²) < 4.78 is 0. The van der Waals surface area contributed by atoms with Crippen molar-refractivity contribution in [1.29, 1.82) is 0 Å². The van der Waals surface area contributed by atoms with Crippen LogP contribution in [0, 0.1) is 6.92 Å². The highest BCUT2D eigenvalue weighted by atomic mass is 16.3. The van der Waals surface area contributed by atoms with Gasteiger partial charge in [-0.2, -0.15) is 0 Å². The molecule has 0 spiro atoms. The van der Waals surface area contributed by atoms with Gasteiger partial charge in [-0.15, -0.1) is 0 Å². The third kappa shape index (κ3) is 1.61. The number of phenolic OH excluding ortho intramolecular Hbond substituents is 1. The van der Waals surface area contributed by atoms with E-state index in [4.69, 9.17) is 0 Å². The van der Waals surface area contributed by atoms with Gasteiger partial charge < -0.3 is 15.4 Å². The van der Waals surface area contributed by atoms with Crippen molar-refractivity contribution in [3.63, 3.8) is 0 Å². The molecule has 0 aliphatic carbocycles. The fourth-order valence-corrected chi connectivity index (χ4v) is 2.39. The lowest BCUT2D eigenvalue weighted by Gasteiger charge is -2.24. The van der Waals surface area contributed by atoms with Gasteiger partial charge in [-0.05, 0) is 12.5 Å². The number of phenols is 1. The van der Waals surface area contributed by atoms with Crippen LogP contribution in [0.2, 0.25) is 0 Å². The molecule has 88 valence electrons. The Hall–Kier alpha value is -1.81. The van der Waals surface area contributed by atoms with Crippen LogP contribution in [-0.4, -0.2) is 21.6 Å². The van der Waals surface area contributed by atoms with E-state index in [9.17, 15) is 5.11 Å². The summed E-state index contributed by atoms with van der Waals surface area (Å²) in [6.45, 7) is 2.81. The fraction of sp³-hybridized carbons (Fsp3) is 0.308. The number of aromatic hydroxyl groups is 1. The number of hydrogen-bond donors (Lipinski definition) is 3. The minimum Gasteiger partial charge on any atom is -0.507 e. The highest BCUT2D eigenvalue weighted by Gasteiger charge is 2.25. The summed E-state index contributed by atoms with van der Waals surface area (Å²) in [7, 11) is 0. The summed E-state index contributed by atoms with van der Waals surface area (Å²) in [6.07, 6.45) is 2.68. The Morgan fingerprint density at radius 3 is 3.18 bits per heavy atom. The van der Waals surface area contributed by atoms with E-state index in [2.05, 4.69) is 15.3 Å². The van der Waals surface area contributed by atoms with Crippen molar-refractivity contribution in [2.45, 2.75) is 19.4 Å². The van der Waals surface area contributed by atoms with Gasteiger partial charge >= 0.3 is 0 Å². The lowest BCUT2D eigenvalue weighted by Crippen LogP contribution is -2.30. The molecule has 1 aliphatic rings. The standard InChI is InChI=1S/C13H15N3O/c1-8-3-2-4-9(13(8)17)11-12-10(5-6-14-11)15-7-16-12/h2-4,7,11,14,17H,5-6H2,1H3,(H,15,16). The monoisotopic (exact) mass is 229 g/mol. The molecule has 0 saturated carbocycles. The number of rotatable bonds is 1. The van der Waals surface area contributed by atoms with E-state index in [1.54, 1.807) is 6.33 Å². The second-order valence-corrected chi connectivity index (χ2v) is 4.42. The number of imidazole rings is 1. The molecule has 2 aromatic rings. The summed E-state index contributed by atoms with van der Waals surface area (Å²) in [5.41, 5.74) is 3.96. The van der Waals surface area contributed by atoms with Crippen LogP contribution in [0.4, 0.5) is 0 Å². The Morgan fingerprint density at radius 2 is 2.29 bits per heavy atom. The molecule has 1 aromatic heterocycles. The number of nitrogens with zero attached hydrogens (tertiary/aromatic N) is 1. The van der Waals surface area contributed by atoms with Crippen LogP contribution in [-0.2, 0) is 6.42 Å². The summed E-state index contributed by atoms with van der Waals surface area (Å²) in [6, 6.07) is 5.81. The second-order valence-electron chi connectivity index (χ2n) is 4.42. The van der Waals surface area contributed by atoms with Gasteiger partial charge in [-0.1, -0.05) is 18.2 Å². The van der Waals surface area contributed by atoms with Crippen molar-refractivity contribution in [2.24, 2.45) is 0 Å². The van der Waals surface area contributed by atoms with E-state index in [1.165, 1.54) is 0 Å². The number of aromatic amines is 1. The zero-order valence-corrected chi connectivity index (χ0v) is 9.70. The average Bonchev–Trinajstić information content (AvgIpc) is 2.81. The largest absolute Gasteiger partial charge is 0.507 e. The fourth-order valence-electron chi connectivity index (χ4n) is 2.39. The first kappa shape index (κ1) is 10.4. The molecule has 1 unspecified atom stereocenters. The molecule has 0 amide bonds. The quantitative estimate of drug-likeness (QED) is 0.697. The Kier molecular flexibility index (Phi) is 2.37. The molecule has 1 aliphatic heterocycles. The first-order chi connectivity index (χ1) is 8.27. The Labute approximate surface area is 99.7 Å². The lowest BCUT2D eigenvalue weighted by atomic mass is 9.96. The molecule has 0 fully saturated rings. The van der Waals surface area contributed by atoms with Crippen LogP contribution in [0.5, 0.6) is 5.75 Å². The number of H-pyrrole nitrogens is 1. The SMILES string of the molecule is Cc1cccc(C2NCCc3[nH]cnc32)c1O. The molecule has 4 heteroatoms. The molecular formula is C13H15N3O. The minimum absolute atomic E-state index is 0.00935.